The van der Waals surface area contributed by atoms with Crippen LogP contribution >= 0.6 is 0 Å². The first-order valence-electron chi connectivity index (χ1n) is 2.99. The van der Waals surface area contributed by atoms with Gasteiger partial charge in [-0.2, -0.15) is 0 Å². The normalized spacial score (nSPS) is 9.43. The minimum absolute atomic E-state index is 0. The van der Waals surface area contributed by atoms with E-state index in [-0.39, 0.29) is 35.6 Å². The molecular formula is C7HF4NaO2. The van der Waals surface area contributed by atoms with Crippen molar-refractivity contribution in [2.45, 2.75) is 0 Å². The van der Waals surface area contributed by atoms with Gasteiger partial charge in [-0.1, -0.05) is 0 Å². The van der Waals surface area contributed by atoms with E-state index in [1.807, 2.05) is 0 Å². The van der Waals surface area contributed by atoms with Crippen molar-refractivity contribution in [2.75, 3.05) is 0 Å². The Labute approximate surface area is 97.8 Å². The molecule has 0 aliphatic heterocycles. The summed E-state index contributed by atoms with van der Waals surface area (Å²) < 4.78 is 49.4. The number of carbonyl (C=O) groups excluding carboxylic acids is 1. The maximum absolute atomic E-state index is 12.5. The van der Waals surface area contributed by atoms with Crippen LogP contribution in [0.2, 0.25) is 0 Å². The molecule has 0 saturated carbocycles. The zero-order valence-electron chi connectivity index (χ0n) is 6.91. The summed E-state index contributed by atoms with van der Waals surface area (Å²) >= 11 is 0. The molecule has 14 heavy (non-hydrogen) atoms. The second kappa shape index (κ2) is 4.77. The predicted octanol–water partition coefficient (Wildman–Crippen LogP) is -2.39. The molecule has 0 fully saturated rings. The van der Waals surface area contributed by atoms with Gasteiger partial charge in [0.15, 0.2) is 23.3 Å². The summed E-state index contributed by atoms with van der Waals surface area (Å²) in [7, 11) is 0. The van der Waals surface area contributed by atoms with Crippen LogP contribution in [-0.2, 0) is 0 Å². The molecule has 0 aromatic heterocycles. The molecule has 70 valence electrons. The van der Waals surface area contributed by atoms with Gasteiger partial charge >= 0.3 is 29.6 Å². The molecule has 0 unspecified atom stereocenters. The van der Waals surface area contributed by atoms with E-state index in [1.54, 1.807) is 0 Å². The van der Waals surface area contributed by atoms with Crippen molar-refractivity contribution in [3.8, 4) is 0 Å². The van der Waals surface area contributed by atoms with Crippen LogP contribution in [0.25, 0.3) is 0 Å². The Morgan fingerprint density at radius 1 is 1.07 bits per heavy atom. The summed E-state index contributed by atoms with van der Waals surface area (Å²) in [4.78, 5) is 10.0. The third-order valence-electron chi connectivity index (χ3n) is 1.32. The van der Waals surface area contributed by atoms with Crippen molar-refractivity contribution in [3.05, 3.63) is 34.9 Å². The van der Waals surface area contributed by atoms with E-state index in [0.717, 1.165) is 0 Å². The summed E-state index contributed by atoms with van der Waals surface area (Å²) in [5.41, 5.74) is -1.35. The van der Waals surface area contributed by atoms with Crippen LogP contribution in [0, 0.1) is 23.3 Å². The van der Waals surface area contributed by atoms with Gasteiger partial charge in [-0.3, -0.25) is 0 Å². The number of benzene rings is 1. The van der Waals surface area contributed by atoms with Gasteiger partial charge in [0.05, 0.1) is 5.97 Å². The van der Waals surface area contributed by atoms with Crippen LogP contribution in [0.5, 0.6) is 0 Å². The SMILES string of the molecule is O=C([O-])c1cc(F)c(F)c(F)c1F.[Na+]. The second-order valence-electron chi connectivity index (χ2n) is 2.14. The molecule has 0 aliphatic rings. The van der Waals surface area contributed by atoms with E-state index < -0.39 is 34.8 Å². The van der Waals surface area contributed by atoms with E-state index in [4.69, 9.17) is 0 Å². The van der Waals surface area contributed by atoms with E-state index in [2.05, 4.69) is 0 Å². The van der Waals surface area contributed by atoms with Gasteiger partial charge < -0.3 is 9.90 Å². The van der Waals surface area contributed by atoms with Gasteiger partial charge in [-0.15, -0.1) is 0 Å². The Morgan fingerprint density at radius 2 is 1.57 bits per heavy atom. The van der Waals surface area contributed by atoms with Crippen molar-refractivity contribution < 1.29 is 57.0 Å². The molecule has 0 heterocycles. The summed E-state index contributed by atoms with van der Waals surface area (Å²) in [6, 6.07) is 0.0169. The van der Waals surface area contributed by atoms with Crippen molar-refractivity contribution >= 4 is 5.97 Å². The van der Waals surface area contributed by atoms with Crippen LogP contribution in [0.15, 0.2) is 6.07 Å². The Balaban J connectivity index is 0.00000169. The molecule has 1 aromatic carbocycles. The van der Waals surface area contributed by atoms with Gasteiger partial charge in [0.25, 0.3) is 0 Å². The number of carboxylic acids is 1. The van der Waals surface area contributed by atoms with Crippen molar-refractivity contribution in [2.24, 2.45) is 0 Å². The van der Waals surface area contributed by atoms with Gasteiger partial charge in [-0.05, 0) is 6.07 Å². The zero-order chi connectivity index (χ0) is 10.2. The van der Waals surface area contributed by atoms with Crippen LogP contribution < -0.4 is 34.7 Å². The fraction of sp³-hybridized carbons (Fsp3) is 0. The first kappa shape index (κ1) is 13.4. The average Bonchev–Trinajstić information content (AvgIpc) is 2.07. The van der Waals surface area contributed by atoms with E-state index in [9.17, 15) is 27.5 Å². The number of rotatable bonds is 1. The average molecular weight is 216 g/mol. The second-order valence-corrected chi connectivity index (χ2v) is 2.14. The molecule has 0 amide bonds. The van der Waals surface area contributed by atoms with Crippen molar-refractivity contribution in [1.82, 2.24) is 0 Å². The number of carbonyl (C=O) groups is 1. The molecule has 2 nitrogen and oxygen atoms in total. The fourth-order valence-corrected chi connectivity index (χ4v) is 0.721. The van der Waals surface area contributed by atoms with Gasteiger partial charge in [-0.25, -0.2) is 17.6 Å². The molecule has 0 radical (unpaired) electrons. The fourth-order valence-electron chi connectivity index (χ4n) is 0.721. The van der Waals surface area contributed by atoms with E-state index in [0.29, 0.717) is 0 Å². The van der Waals surface area contributed by atoms with Crippen molar-refractivity contribution in [1.29, 1.82) is 0 Å². The van der Waals surface area contributed by atoms with Crippen LogP contribution in [0.3, 0.4) is 0 Å². The van der Waals surface area contributed by atoms with Crippen LogP contribution in [-0.4, -0.2) is 5.97 Å². The predicted molar refractivity (Wildman–Crippen MR) is 30.6 cm³/mol. The smallest absolute Gasteiger partial charge is 0.545 e. The molecule has 0 spiro atoms. The number of carboxylic acid groups (broad SMARTS) is 1. The summed E-state index contributed by atoms with van der Waals surface area (Å²) in [6.45, 7) is 0. The molecule has 0 N–H and O–H groups in total. The van der Waals surface area contributed by atoms with Gasteiger partial charge in [0, 0.05) is 5.56 Å². The summed E-state index contributed by atoms with van der Waals surface area (Å²) in [6.07, 6.45) is 0. The Bertz CT molecular complexity index is 380. The number of hydrogen-bond donors (Lipinski definition) is 0. The number of halogens is 4. The minimum Gasteiger partial charge on any atom is -0.545 e. The molecule has 7 heteroatoms. The molecular weight excluding hydrogens is 215 g/mol. The third kappa shape index (κ3) is 2.26. The summed E-state index contributed by atoms with van der Waals surface area (Å²) in [5.74, 6) is -10.1. The van der Waals surface area contributed by atoms with E-state index in [1.165, 1.54) is 0 Å². The van der Waals surface area contributed by atoms with Crippen LogP contribution in [0.1, 0.15) is 10.4 Å². The number of aromatic carboxylic acids is 1. The maximum atomic E-state index is 12.5. The molecule has 1 rings (SSSR count). The Kier molecular flexibility index (Phi) is 4.57. The van der Waals surface area contributed by atoms with Crippen molar-refractivity contribution in [3.63, 3.8) is 0 Å². The standard InChI is InChI=1S/C7H2F4O2.Na/c8-3-1-2(7(12)13)4(9)6(11)5(3)10;/h1H,(H,12,13);/q;+1/p-1. The first-order valence-corrected chi connectivity index (χ1v) is 2.99. The minimum atomic E-state index is -2.17. The molecule has 0 atom stereocenters. The van der Waals surface area contributed by atoms with Gasteiger partial charge in [0.1, 0.15) is 0 Å². The summed E-state index contributed by atoms with van der Waals surface area (Å²) in [5, 5.41) is 10.0. The quantitative estimate of drug-likeness (QED) is 0.227. The molecule has 0 aliphatic carbocycles. The first-order chi connectivity index (χ1) is 5.95. The third-order valence-corrected chi connectivity index (χ3v) is 1.32. The number of hydrogen-bond acceptors (Lipinski definition) is 2. The molecule has 0 bridgehead atoms. The topological polar surface area (TPSA) is 40.1 Å². The monoisotopic (exact) mass is 216 g/mol. The largest absolute Gasteiger partial charge is 1.00 e. The Morgan fingerprint density at radius 3 is 2.00 bits per heavy atom. The van der Waals surface area contributed by atoms with E-state index >= 15 is 0 Å². The molecule has 1 aromatic rings. The Hall–Kier alpha value is -0.590. The molecule has 0 saturated heterocycles. The van der Waals surface area contributed by atoms with Gasteiger partial charge in [0.2, 0.25) is 0 Å². The maximum Gasteiger partial charge on any atom is 1.00 e. The van der Waals surface area contributed by atoms with Crippen LogP contribution in [0.4, 0.5) is 17.6 Å². The zero-order valence-corrected chi connectivity index (χ0v) is 8.91.